The van der Waals surface area contributed by atoms with E-state index in [0.717, 1.165) is 37.0 Å². The van der Waals surface area contributed by atoms with E-state index < -0.39 is 0 Å². The number of hydrogen-bond acceptors (Lipinski definition) is 4. The smallest absolute Gasteiger partial charge is 0.191 e. The van der Waals surface area contributed by atoms with E-state index in [1.54, 1.807) is 11.3 Å². The van der Waals surface area contributed by atoms with Crippen LogP contribution in [0.2, 0.25) is 0 Å². The van der Waals surface area contributed by atoms with Crippen LogP contribution in [-0.4, -0.2) is 48.1 Å². The number of aromatic nitrogens is 1. The highest BCUT2D eigenvalue weighted by molar-refractivity contribution is 14.0. The quantitative estimate of drug-likeness (QED) is 0.369. The molecule has 1 aromatic rings. The second-order valence-electron chi connectivity index (χ2n) is 5.93. The fourth-order valence-electron chi connectivity index (χ4n) is 2.99. The summed E-state index contributed by atoms with van der Waals surface area (Å²) < 4.78 is 0. The zero-order valence-electron chi connectivity index (χ0n) is 15.2. The van der Waals surface area contributed by atoms with Crippen molar-refractivity contribution in [2.24, 2.45) is 4.99 Å². The van der Waals surface area contributed by atoms with Crippen LogP contribution in [0.5, 0.6) is 0 Å². The predicted molar refractivity (Wildman–Crippen MR) is 115 cm³/mol. The number of piperidine rings is 1. The standard InChI is InChI=1S/C17H31N5S.HI/c1-4-15-12-19-16(23-15)13-21-17(18-5-2)20-11-14-9-7-8-10-22(14)6-3;/h12,14H,4-11,13H2,1-3H3,(H2,18,20,21);1H. The van der Waals surface area contributed by atoms with Crippen LogP contribution < -0.4 is 10.6 Å². The van der Waals surface area contributed by atoms with E-state index in [0.29, 0.717) is 12.6 Å². The number of likely N-dealkylation sites (N-methyl/N-ethyl adjacent to an activating group) is 1. The molecule has 1 aliphatic rings. The van der Waals surface area contributed by atoms with Crippen LogP contribution in [0, 0.1) is 0 Å². The van der Waals surface area contributed by atoms with Gasteiger partial charge in [-0.1, -0.05) is 20.3 Å². The second kappa shape index (κ2) is 12.0. The van der Waals surface area contributed by atoms with Crippen molar-refractivity contribution in [3.8, 4) is 0 Å². The van der Waals surface area contributed by atoms with Gasteiger partial charge in [0.1, 0.15) is 5.01 Å². The molecule has 1 fully saturated rings. The molecule has 0 amide bonds. The maximum absolute atomic E-state index is 4.69. The number of nitrogens with one attached hydrogen (secondary N) is 2. The summed E-state index contributed by atoms with van der Waals surface area (Å²) in [5.41, 5.74) is 0. The van der Waals surface area contributed by atoms with Gasteiger partial charge in [0, 0.05) is 30.2 Å². The monoisotopic (exact) mass is 465 g/mol. The van der Waals surface area contributed by atoms with Crippen molar-refractivity contribution in [2.75, 3.05) is 26.2 Å². The maximum atomic E-state index is 4.69. The van der Waals surface area contributed by atoms with Crippen molar-refractivity contribution >= 4 is 41.3 Å². The average molecular weight is 465 g/mol. The van der Waals surface area contributed by atoms with Gasteiger partial charge in [0.15, 0.2) is 5.96 Å². The van der Waals surface area contributed by atoms with Gasteiger partial charge < -0.3 is 10.6 Å². The Labute approximate surface area is 167 Å². The first kappa shape index (κ1) is 21.6. The van der Waals surface area contributed by atoms with Crippen molar-refractivity contribution in [3.05, 3.63) is 16.1 Å². The van der Waals surface area contributed by atoms with Crippen molar-refractivity contribution < 1.29 is 0 Å². The lowest BCUT2D eigenvalue weighted by Crippen LogP contribution is -2.49. The van der Waals surface area contributed by atoms with Crippen LogP contribution in [0.15, 0.2) is 11.2 Å². The second-order valence-corrected chi connectivity index (χ2v) is 7.13. The SMILES string of the molecule is CCNC(=NCc1ncc(CC)s1)NCC1CCCCN1CC.I. The largest absolute Gasteiger partial charge is 0.357 e. The van der Waals surface area contributed by atoms with Crippen molar-refractivity contribution in [1.82, 2.24) is 20.5 Å². The lowest BCUT2D eigenvalue weighted by molar-refractivity contribution is 0.157. The molecule has 1 saturated heterocycles. The normalized spacial score (nSPS) is 19.0. The number of aryl methyl sites for hydroxylation is 1. The number of aliphatic imine (C=N–C) groups is 1. The summed E-state index contributed by atoms with van der Waals surface area (Å²) in [5.74, 6) is 0.905. The first-order valence-electron chi connectivity index (χ1n) is 8.96. The first-order chi connectivity index (χ1) is 11.3. The Morgan fingerprint density at radius 2 is 2.17 bits per heavy atom. The minimum Gasteiger partial charge on any atom is -0.357 e. The number of thiazole rings is 1. The summed E-state index contributed by atoms with van der Waals surface area (Å²) in [6.45, 7) is 11.4. The van der Waals surface area contributed by atoms with E-state index in [9.17, 15) is 0 Å². The average Bonchev–Trinajstić information content (AvgIpc) is 3.05. The molecule has 5 nitrogen and oxygen atoms in total. The molecule has 138 valence electrons. The fourth-order valence-corrected chi connectivity index (χ4v) is 3.78. The predicted octanol–water partition coefficient (Wildman–Crippen LogP) is 3.25. The number of halogens is 1. The minimum atomic E-state index is 0. The van der Waals surface area contributed by atoms with Gasteiger partial charge in [-0.15, -0.1) is 35.3 Å². The third-order valence-electron chi connectivity index (χ3n) is 4.33. The van der Waals surface area contributed by atoms with E-state index in [1.165, 1.54) is 30.7 Å². The van der Waals surface area contributed by atoms with Crippen LogP contribution >= 0.6 is 35.3 Å². The lowest BCUT2D eigenvalue weighted by Gasteiger charge is -2.35. The molecule has 0 saturated carbocycles. The Kier molecular flexibility index (Phi) is 10.8. The molecular weight excluding hydrogens is 433 g/mol. The fraction of sp³-hybridized carbons (Fsp3) is 0.765. The van der Waals surface area contributed by atoms with Gasteiger partial charge >= 0.3 is 0 Å². The van der Waals surface area contributed by atoms with Gasteiger partial charge in [-0.3, -0.25) is 4.90 Å². The molecule has 0 spiro atoms. The van der Waals surface area contributed by atoms with E-state index in [-0.39, 0.29) is 24.0 Å². The van der Waals surface area contributed by atoms with E-state index in [2.05, 4.69) is 41.3 Å². The molecule has 1 unspecified atom stereocenters. The lowest BCUT2D eigenvalue weighted by atomic mass is 10.0. The van der Waals surface area contributed by atoms with Crippen LogP contribution in [-0.2, 0) is 13.0 Å². The molecule has 1 aliphatic heterocycles. The summed E-state index contributed by atoms with van der Waals surface area (Å²) in [4.78, 5) is 13.0. The first-order valence-corrected chi connectivity index (χ1v) is 9.78. The number of rotatable bonds is 7. The Bertz CT molecular complexity index is 491. The molecule has 2 N–H and O–H groups in total. The summed E-state index contributed by atoms with van der Waals surface area (Å²) in [5, 5.41) is 7.95. The van der Waals surface area contributed by atoms with Gasteiger partial charge in [-0.25, -0.2) is 9.98 Å². The van der Waals surface area contributed by atoms with Crippen LogP contribution in [0.3, 0.4) is 0 Å². The van der Waals surface area contributed by atoms with E-state index in [1.807, 2.05) is 6.20 Å². The molecule has 24 heavy (non-hydrogen) atoms. The highest BCUT2D eigenvalue weighted by atomic mass is 127. The molecule has 0 aromatic carbocycles. The third kappa shape index (κ3) is 6.84. The topological polar surface area (TPSA) is 52.6 Å². The number of nitrogens with zero attached hydrogens (tertiary/aromatic N) is 3. The Morgan fingerprint density at radius 3 is 2.83 bits per heavy atom. The third-order valence-corrected chi connectivity index (χ3v) is 5.45. The summed E-state index contributed by atoms with van der Waals surface area (Å²) in [7, 11) is 0. The summed E-state index contributed by atoms with van der Waals surface area (Å²) >= 11 is 1.76. The Morgan fingerprint density at radius 1 is 1.33 bits per heavy atom. The van der Waals surface area contributed by atoms with E-state index in [4.69, 9.17) is 4.99 Å². The van der Waals surface area contributed by atoms with Crippen molar-refractivity contribution in [2.45, 2.75) is 59.0 Å². The van der Waals surface area contributed by atoms with Gasteiger partial charge in [0.05, 0.1) is 6.54 Å². The van der Waals surface area contributed by atoms with Crippen LogP contribution in [0.25, 0.3) is 0 Å². The van der Waals surface area contributed by atoms with E-state index >= 15 is 0 Å². The van der Waals surface area contributed by atoms with Gasteiger partial charge in [-0.05, 0) is 39.3 Å². The number of guanidine groups is 1. The molecule has 0 bridgehead atoms. The molecule has 1 aromatic heterocycles. The molecule has 0 radical (unpaired) electrons. The highest BCUT2D eigenvalue weighted by Crippen LogP contribution is 2.16. The Balaban J connectivity index is 0.00000288. The van der Waals surface area contributed by atoms with Gasteiger partial charge in [-0.2, -0.15) is 0 Å². The van der Waals surface area contributed by atoms with Gasteiger partial charge in [0.2, 0.25) is 0 Å². The zero-order chi connectivity index (χ0) is 16.5. The molecule has 2 rings (SSSR count). The highest BCUT2D eigenvalue weighted by Gasteiger charge is 2.20. The molecule has 0 aliphatic carbocycles. The molecule has 1 atom stereocenters. The molecule has 7 heteroatoms. The molecular formula is C17H32IN5S. The van der Waals surface area contributed by atoms with Crippen molar-refractivity contribution in [1.29, 1.82) is 0 Å². The van der Waals surface area contributed by atoms with Crippen molar-refractivity contribution in [3.63, 3.8) is 0 Å². The van der Waals surface area contributed by atoms with Gasteiger partial charge in [0.25, 0.3) is 0 Å². The van der Waals surface area contributed by atoms with Crippen LogP contribution in [0.1, 0.15) is 49.9 Å². The zero-order valence-corrected chi connectivity index (χ0v) is 18.3. The maximum Gasteiger partial charge on any atom is 0.191 e. The number of likely N-dealkylation sites (tertiary alicyclic amines) is 1. The summed E-state index contributed by atoms with van der Waals surface area (Å²) in [6, 6.07) is 0.629. The summed E-state index contributed by atoms with van der Waals surface area (Å²) in [6.07, 6.45) is 6.98. The number of hydrogen-bond donors (Lipinski definition) is 2. The van der Waals surface area contributed by atoms with Crippen LogP contribution in [0.4, 0.5) is 0 Å². The molecule has 2 heterocycles. The minimum absolute atomic E-state index is 0. The Hall–Kier alpha value is -0.410.